The first kappa shape index (κ1) is 22.1. The summed E-state index contributed by atoms with van der Waals surface area (Å²) in [6.07, 6.45) is 0. The second-order valence-electron chi connectivity index (χ2n) is 7.03. The van der Waals surface area contributed by atoms with Crippen molar-refractivity contribution in [2.24, 2.45) is 32.5 Å². The van der Waals surface area contributed by atoms with Crippen LogP contribution in [-0.4, -0.2) is 28.3 Å². The first-order chi connectivity index (χ1) is 15.2. The lowest BCUT2D eigenvalue weighted by molar-refractivity contribution is 0.102. The number of hydrogen-bond donors (Lipinski definition) is 6. The Kier molecular flexibility index (Phi) is 6.54. The van der Waals surface area contributed by atoms with Crippen LogP contribution in [0.4, 0.5) is 5.69 Å². The van der Waals surface area contributed by atoms with Crippen LogP contribution >= 0.6 is 0 Å². The summed E-state index contributed by atoms with van der Waals surface area (Å²) in [4.78, 5) is 15.9. The molecule has 0 atom stereocenters. The molecule has 0 bridgehead atoms. The summed E-state index contributed by atoms with van der Waals surface area (Å²) in [6, 6.07) is 14.7. The van der Waals surface area contributed by atoms with Crippen LogP contribution < -0.4 is 27.9 Å². The van der Waals surface area contributed by atoms with Crippen molar-refractivity contribution in [3.8, 4) is 0 Å². The van der Waals surface area contributed by atoms with Gasteiger partial charge >= 0.3 is 0 Å². The Morgan fingerprint density at radius 3 is 2.38 bits per heavy atom. The van der Waals surface area contributed by atoms with Gasteiger partial charge in [0.15, 0.2) is 0 Å². The average molecular weight is 432 g/mol. The van der Waals surface area contributed by atoms with Gasteiger partial charge in [0, 0.05) is 16.6 Å². The Balaban J connectivity index is 1.80. The molecule has 0 aliphatic heterocycles. The van der Waals surface area contributed by atoms with E-state index < -0.39 is 0 Å². The largest absolute Gasteiger partial charge is 0.385 e. The summed E-state index contributed by atoms with van der Waals surface area (Å²) in [7, 11) is 0. The van der Waals surface area contributed by atoms with Gasteiger partial charge in [-0.05, 0) is 37.6 Å². The third kappa shape index (κ3) is 5.30. The third-order valence-corrected chi connectivity index (χ3v) is 4.53. The number of benzene rings is 2. The Hall–Kier alpha value is -4.60. The van der Waals surface area contributed by atoms with Gasteiger partial charge in [0.05, 0.1) is 16.9 Å². The number of H-pyrrole nitrogens is 1. The highest BCUT2D eigenvalue weighted by Crippen LogP contribution is 2.21. The monoisotopic (exact) mass is 431 g/mol. The molecule has 3 rings (SSSR count). The number of aromatic nitrogens is 1. The maximum Gasteiger partial charge on any atom is 0.272 e. The van der Waals surface area contributed by atoms with E-state index in [-0.39, 0.29) is 17.7 Å². The van der Waals surface area contributed by atoms with Crippen LogP contribution in [0.25, 0.3) is 10.9 Å². The van der Waals surface area contributed by atoms with E-state index in [9.17, 15) is 4.79 Å². The van der Waals surface area contributed by atoms with Crippen LogP contribution in [0.15, 0.2) is 76.2 Å². The SMILES string of the molecule is C=C(N)N/N=C(\C)c1ccc(NC(=O)c2cc3cccc(/C(C)=N/N=C(N)N)c3[nH]2)cc1. The molecule has 1 amide bonds. The van der Waals surface area contributed by atoms with Crippen molar-refractivity contribution in [1.29, 1.82) is 0 Å². The minimum absolute atomic E-state index is 0.128. The van der Waals surface area contributed by atoms with Crippen molar-refractivity contribution >= 4 is 39.9 Å². The van der Waals surface area contributed by atoms with Gasteiger partial charge < -0.3 is 27.5 Å². The molecule has 2 aromatic carbocycles. The molecule has 0 unspecified atom stereocenters. The number of nitrogens with zero attached hydrogens (tertiary/aromatic N) is 3. The standard InChI is InChI=1S/C22H25N9O/c1-12(28-30-14(3)23)15-7-9-17(10-8-15)26-21(32)19-11-16-5-4-6-18(20(16)27-19)13(2)29-31-22(24)25/h4-11,27,30H,3,23H2,1-2H3,(H,26,32)(H4,24,25,31)/b28-12+,29-13+. The molecule has 32 heavy (non-hydrogen) atoms. The molecule has 9 N–H and O–H groups in total. The third-order valence-electron chi connectivity index (χ3n) is 4.53. The Morgan fingerprint density at radius 1 is 1.00 bits per heavy atom. The molecular weight excluding hydrogens is 406 g/mol. The van der Waals surface area contributed by atoms with Crippen molar-refractivity contribution in [1.82, 2.24) is 10.4 Å². The van der Waals surface area contributed by atoms with Crippen LogP contribution in [0.1, 0.15) is 35.5 Å². The molecular formula is C22H25N9O. The number of nitrogens with one attached hydrogen (secondary N) is 3. The molecule has 0 aliphatic carbocycles. The molecule has 3 aromatic rings. The molecule has 10 heteroatoms. The molecule has 0 fully saturated rings. The Bertz CT molecular complexity index is 1250. The van der Waals surface area contributed by atoms with E-state index in [0.29, 0.717) is 17.1 Å². The van der Waals surface area contributed by atoms with Gasteiger partial charge in [-0.1, -0.05) is 36.9 Å². The van der Waals surface area contributed by atoms with Gasteiger partial charge in [-0.15, -0.1) is 5.10 Å². The molecule has 1 heterocycles. The van der Waals surface area contributed by atoms with E-state index in [1.807, 2.05) is 37.3 Å². The summed E-state index contributed by atoms with van der Waals surface area (Å²) >= 11 is 0. The van der Waals surface area contributed by atoms with Gasteiger partial charge in [0.2, 0.25) is 5.96 Å². The number of nitrogens with two attached hydrogens (primary N) is 3. The molecule has 0 aliphatic rings. The van der Waals surface area contributed by atoms with Crippen LogP contribution in [0.5, 0.6) is 0 Å². The number of fused-ring (bicyclic) bond motifs is 1. The molecule has 0 radical (unpaired) electrons. The molecule has 164 valence electrons. The summed E-state index contributed by atoms with van der Waals surface area (Å²) < 4.78 is 0. The van der Waals surface area contributed by atoms with E-state index in [1.165, 1.54) is 0 Å². The zero-order chi connectivity index (χ0) is 23.3. The summed E-state index contributed by atoms with van der Waals surface area (Å²) in [5.74, 6) is -0.144. The number of hydrogen-bond acceptors (Lipinski definition) is 6. The molecule has 1 aromatic heterocycles. The van der Waals surface area contributed by atoms with Crippen LogP contribution in [0, 0.1) is 0 Å². The predicted molar refractivity (Wildman–Crippen MR) is 129 cm³/mol. The highest BCUT2D eigenvalue weighted by molar-refractivity contribution is 6.12. The van der Waals surface area contributed by atoms with Crippen molar-refractivity contribution in [2.45, 2.75) is 13.8 Å². The van der Waals surface area contributed by atoms with E-state index in [2.05, 4.69) is 37.6 Å². The summed E-state index contributed by atoms with van der Waals surface area (Å²) in [5.41, 5.74) is 23.6. The van der Waals surface area contributed by atoms with E-state index in [1.54, 1.807) is 25.1 Å². The van der Waals surface area contributed by atoms with Gasteiger partial charge in [0.25, 0.3) is 5.91 Å². The number of aromatic amines is 1. The highest BCUT2D eigenvalue weighted by Gasteiger charge is 2.13. The van der Waals surface area contributed by atoms with Crippen LogP contribution in [0.2, 0.25) is 0 Å². The maximum absolute atomic E-state index is 12.8. The number of guanidine groups is 1. The number of amides is 1. The number of carbonyl (C=O) groups is 1. The topological polar surface area (TPSA) is 172 Å². The van der Waals surface area contributed by atoms with Crippen LogP contribution in [-0.2, 0) is 0 Å². The number of anilines is 1. The van der Waals surface area contributed by atoms with Crippen molar-refractivity contribution in [3.63, 3.8) is 0 Å². The van der Waals surface area contributed by atoms with E-state index in [4.69, 9.17) is 17.2 Å². The first-order valence-corrected chi connectivity index (χ1v) is 9.66. The average Bonchev–Trinajstić information content (AvgIpc) is 3.21. The molecule has 10 nitrogen and oxygen atoms in total. The van der Waals surface area contributed by atoms with Gasteiger partial charge in [0.1, 0.15) is 11.5 Å². The molecule has 0 spiro atoms. The smallest absolute Gasteiger partial charge is 0.272 e. The summed E-state index contributed by atoms with van der Waals surface area (Å²) in [6.45, 7) is 7.15. The lowest BCUT2D eigenvalue weighted by Crippen LogP contribution is -2.22. The lowest BCUT2D eigenvalue weighted by Gasteiger charge is -2.06. The van der Waals surface area contributed by atoms with E-state index in [0.717, 1.165) is 27.7 Å². The van der Waals surface area contributed by atoms with Crippen molar-refractivity contribution < 1.29 is 4.79 Å². The minimum atomic E-state index is -0.273. The Labute approximate surface area is 185 Å². The van der Waals surface area contributed by atoms with Gasteiger partial charge in [-0.2, -0.15) is 10.2 Å². The zero-order valence-electron chi connectivity index (χ0n) is 17.8. The van der Waals surface area contributed by atoms with Gasteiger partial charge in [-0.25, -0.2) is 0 Å². The summed E-state index contributed by atoms with van der Waals surface area (Å²) in [5, 5.41) is 15.6. The molecule has 0 saturated carbocycles. The Morgan fingerprint density at radius 2 is 1.72 bits per heavy atom. The fourth-order valence-corrected chi connectivity index (χ4v) is 2.98. The fraction of sp³-hybridized carbons (Fsp3) is 0.0909. The van der Waals surface area contributed by atoms with Crippen LogP contribution in [0.3, 0.4) is 0 Å². The van der Waals surface area contributed by atoms with Crippen molar-refractivity contribution in [2.75, 3.05) is 5.32 Å². The first-order valence-electron chi connectivity index (χ1n) is 9.66. The number of rotatable bonds is 7. The normalized spacial score (nSPS) is 11.8. The van der Waals surface area contributed by atoms with Gasteiger partial charge in [-0.3, -0.25) is 10.2 Å². The quantitative estimate of drug-likeness (QED) is 0.191. The second kappa shape index (κ2) is 9.47. The maximum atomic E-state index is 12.8. The molecule has 0 saturated heterocycles. The number of carbonyl (C=O) groups excluding carboxylic acids is 1. The minimum Gasteiger partial charge on any atom is -0.385 e. The lowest BCUT2D eigenvalue weighted by atomic mass is 10.1. The zero-order valence-corrected chi connectivity index (χ0v) is 17.8. The van der Waals surface area contributed by atoms with E-state index >= 15 is 0 Å². The highest BCUT2D eigenvalue weighted by atomic mass is 16.1. The number of hydrazone groups is 1. The van der Waals surface area contributed by atoms with Crippen molar-refractivity contribution in [3.05, 3.63) is 77.8 Å². The predicted octanol–water partition coefficient (Wildman–Crippen LogP) is 2.16. The fourth-order valence-electron chi connectivity index (χ4n) is 2.98. The second-order valence-corrected chi connectivity index (χ2v) is 7.03. The number of para-hydroxylation sites is 1.